The van der Waals surface area contributed by atoms with Crippen molar-refractivity contribution in [1.82, 2.24) is 0 Å². The third-order valence-electron chi connectivity index (χ3n) is 3.77. The number of benzene rings is 2. The molecule has 2 aromatic rings. The molecular weight excluding hydrogens is 316 g/mol. The maximum Gasteiger partial charge on any atom is 0.235 e. The Labute approximate surface area is 126 Å². The Kier molecular flexibility index (Phi) is 3.26. The molecule has 0 radical (unpaired) electrons. The zero-order valence-electron chi connectivity index (χ0n) is 10.9. The van der Waals surface area contributed by atoms with E-state index in [-0.39, 0.29) is 11.3 Å². The first-order valence-electron chi connectivity index (χ1n) is 6.54. The lowest BCUT2D eigenvalue weighted by atomic mass is 9.95. The Morgan fingerprint density at radius 2 is 1.85 bits per heavy atom. The van der Waals surface area contributed by atoms with E-state index in [1.54, 1.807) is 6.07 Å². The normalized spacial score (nSPS) is 15.7. The van der Waals surface area contributed by atoms with Gasteiger partial charge in [0, 0.05) is 15.8 Å². The Bertz CT molecular complexity index is 651. The summed E-state index contributed by atoms with van der Waals surface area (Å²) in [5.41, 5.74) is 7.91. The molecule has 1 aliphatic rings. The lowest BCUT2D eigenvalue weighted by Crippen LogP contribution is -2.27. The van der Waals surface area contributed by atoms with Crippen molar-refractivity contribution in [2.45, 2.75) is 18.3 Å². The first kappa shape index (κ1) is 13.2. The van der Waals surface area contributed by atoms with Gasteiger partial charge in [0.05, 0.1) is 5.41 Å². The number of nitrogens with one attached hydrogen (secondary N) is 1. The van der Waals surface area contributed by atoms with E-state index in [0.29, 0.717) is 5.69 Å². The number of carbonyl (C=O) groups excluding carboxylic acids is 1. The van der Waals surface area contributed by atoms with Crippen LogP contribution in [0.1, 0.15) is 18.4 Å². The predicted molar refractivity (Wildman–Crippen MR) is 84.5 cm³/mol. The Hall–Kier alpha value is -1.81. The fourth-order valence-corrected chi connectivity index (χ4v) is 2.76. The Morgan fingerprint density at radius 1 is 1.15 bits per heavy atom. The molecule has 0 aromatic heterocycles. The second-order valence-electron chi connectivity index (χ2n) is 5.14. The van der Waals surface area contributed by atoms with Crippen LogP contribution in [0, 0.1) is 0 Å². The highest BCUT2D eigenvalue weighted by Crippen LogP contribution is 2.49. The topological polar surface area (TPSA) is 55.1 Å². The van der Waals surface area contributed by atoms with Gasteiger partial charge in [-0.25, -0.2) is 0 Å². The first-order chi connectivity index (χ1) is 9.62. The van der Waals surface area contributed by atoms with E-state index in [2.05, 4.69) is 21.2 Å². The van der Waals surface area contributed by atoms with E-state index in [1.165, 1.54) is 0 Å². The number of nitrogens with two attached hydrogens (primary N) is 1. The molecule has 3 nitrogen and oxygen atoms in total. The van der Waals surface area contributed by atoms with Crippen molar-refractivity contribution in [3.63, 3.8) is 0 Å². The average Bonchev–Trinajstić information content (AvgIpc) is 3.26. The van der Waals surface area contributed by atoms with Gasteiger partial charge in [-0.2, -0.15) is 0 Å². The van der Waals surface area contributed by atoms with Gasteiger partial charge < -0.3 is 11.1 Å². The molecule has 1 fully saturated rings. The molecule has 0 atom stereocenters. The summed E-state index contributed by atoms with van der Waals surface area (Å²) in [6, 6.07) is 15.4. The van der Waals surface area contributed by atoms with Gasteiger partial charge in [0.2, 0.25) is 5.91 Å². The predicted octanol–water partition coefficient (Wildman–Crippen LogP) is 3.70. The van der Waals surface area contributed by atoms with E-state index < -0.39 is 0 Å². The molecule has 20 heavy (non-hydrogen) atoms. The quantitative estimate of drug-likeness (QED) is 0.843. The third-order valence-corrected chi connectivity index (χ3v) is 4.46. The number of anilines is 2. The van der Waals surface area contributed by atoms with Crippen molar-refractivity contribution < 1.29 is 4.79 Å². The summed E-state index contributed by atoms with van der Waals surface area (Å²) in [5, 5.41) is 2.99. The molecule has 0 heterocycles. The minimum Gasteiger partial charge on any atom is -0.398 e. The molecular formula is C16H15BrN2O. The molecule has 0 saturated heterocycles. The molecule has 2 aromatic carbocycles. The summed E-state index contributed by atoms with van der Waals surface area (Å²) < 4.78 is 0.792. The molecule has 0 unspecified atom stereocenters. The van der Waals surface area contributed by atoms with E-state index in [9.17, 15) is 4.79 Å². The van der Waals surface area contributed by atoms with Crippen LogP contribution >= 0.6 is 15.9 Å². The average molecular weight is 331 g/mol. The monoisotopic (exact) mass is 330 g/mol. The summed E-state index contributed by atoms with van der Waals surface area (Å²) in [5.74, 6) is 0.0559. The van der Waals surface area contributed by atoms with E-state index in [0.717, 1.165) is 28.6 Å². The van der Waals surface area contributed by atoms with Crippen LogP contribution in [0.5, 0.6) is 0 Å². The van der Waals surface area contributed by atoms with E-state index in [4.69, 9.17) is 5.73 Å². The molecule has 3 rings (SSSR count). The number of hydrogen-bond donors (Lipinski definition) is 2. The summed E-state index contributed by atoms with van der Waals surface area (Å²) in [6.45, 7) is 0. The van der Waals surface area contributed by atoms with Gasteiger partial charge in [-0.05, 0) is 52.5 Å². The molecule has 0 spiro atoms. The number of rotatable bonds is 3. The molecule has 4 heteroatoms. The Balaban J connectivity index is 1.81. The second kappa shape index (κ2) is 4.94. The van der Waals surface area contributed by atoms with Crippen LogP contribution < -0.4 is 11.1 Å². The van der Waals surface area contributed by atoms with Crippen LogP contribution in [0.15, 0.2) is 53.0 Å². The molecule has 3 N–H and O–H groups in total. The number of carbonyl (C=O) groups is 1. The highest BCUT2D eigenvalue weighted by molar-refractivity contribution is 9.10. The van der Waals surface area contributed by atoms with Gasteiger partial charge in [0.1, 0.15) is 0 Å². The van der Waals surface area contributed by atoms with Crippen LogP contribution in [-0.2, 0) is 10.2 Å². The molecule has 1 saturated carbocycles. The van der Waals surface area contributed by atoms with Gasteiger partial charge in [0.15, 0.2) is 0 Å². The maximum atomic E-state index is 12.5. The molecule has 0 bridgehead atoms. The highest BCUT2D eigenvalue weighted by atomic mass is 79.9. The van der Waals surface area contributed by atoms with Crippen molar-refractivity contribution in [3.05, 3.63) is 58.6 Å². The van der Waals surface area contributed by atoms with Crippen molar-refractivity contribution in [2.75, 3.05) is 11.1 Å². The number of amides is 1. The highest BCUT2D eigenvalue weighted by Gasteiger charge is 2.51. The van der Waals surface area contributed by atoms with Crippen LogP contribution in [0.3, 0.4) is 0 Å². The largest absolute Gasteiger partial charge is 0.398 e. The minimum atomic E-state index is -0.352. The SMILES string of the molecule is Nc1ccc(NC(=O)C2(c3ccccc3)CC2)cc1Br. The van der Waals surface area contributed by atoms with Crippen LogP contribution in [0.25, 0.3) is 0 Å². The zero-order chi connectivity index (χ0) is 14.2. The summed E-state index contributed by atoms with van der Waals surface area (Å²) in [4.78, 5) is 12.5. The van der Waals surface area contributed by atoms with Gasteiger partial charge >= 0.3 is 0 Å². The summed E-state index contributed by atoms with van der Waals surface area (Å²) in [6.07, 6.45) is 1.80. The van der Waals surface area contributed by atoms with Crippen LogP contribution in [0.2, 0.25) is 0 Å². The third kappa shape index (κ3) is 2.31. The number of hydrogen-bond acceptors (Lipinski definition) is 2. The molecule has 1 amide bonds. The van der Waals surface area contributed by atoms with Crippen LogP contribution in [0.4, 0.5) is 11.4 Å². The van der Waals surface area contributed by atoms with E-state index >= 15 is 0 Å². The minimum absolute atomic E-state index is 0.0559. The van der Waals surface area contributed by atoms with Crippen molar-refractivity contribution in [1.29, 1.82) is 0 Å². The van der Waals surface area contributed by atoms with Crippen molar-refractivity contribution in [3.8, 4) is 0 Å². The van der Waals surface area contributed by atoms with Gasteiger partial charge in [-0.15, -0.1) is 0 Å². The molecule has 0 aliphatic heterocycles. The Morgan fingerprint density at radius 3 is 2.45 bits per heavy atom. The number of nitrogen functional groups attached to an aromatic ring is 1. The summed E-state index contributed by atoms with van der Waals surface area (Å²) in [7, 11) is 0. The zero-order valence-corrected chi connectivity index (χ0v) is 12.5. The number of halogens is 1. The van der Waals surface area contributed by atoms with Gasteiger partial charge in [-0.1, -0.05) is 30.3 Å². The maximum absolute atomic E-state index is 12.5. The summed E-state index contributed by atoms with van der Waals surface area (Å²) >= 11 is 3.37. The van der Waals surface area contributed by atoms with Crippen LogP contribution in [-0.4, -0.2) is 5.91 Å². The lowest BCUT2D eigenvalue weighted by molar-refractivity contribution is -0.118. The fraction of sp³-hybridized carbons (Fsp3) is 0.188. The fourth-order valence-electron chi connectivity index (χ4n) is 2.38. The van der Waals surface area contributed by atoms with E-state index in [1.807, 2.05) is 42.5 Å². The first-order valence-corrected chi connectivity index (χ1v) is 7.33. The molecule has 102 valence electrons. The molecule has 1 aliphatic carbocycles. The van der Waals surface area contributed by atoms with Gasteiger partial charge in [-0.3, -0.25) is 4.79 Å². The van der Waals surface area contributed by atoms with Gasteiger partial charge in [0.25, 0.3) is 0 Å². The van der Waals surface area contributed by atoms with Crippen molar-refractivity contribution >= 4 is 33.2 Å². The second-order valence-corrected chi connectivity index (χ2v) is 5.99. The smallest absolute Gasteiger partial charge is 0.235 e. The standard InChI is InChI=1S/C16H15BrN2O/c17-13-10-12(6-7-14(13)18)19-15(20)16(8-9-16)11-4-2-1-3-5-11/h1-7,10H,8-9,18H2,(H,19,20). The van der Waals surface area contributed by atoms with Crippen molar-refractivity contribution in [2.24, 2.45) is 0 Å². The lowest BCUT2D eigenvalue weighted by Gasteiger charge is -2.16.